The fourth-order valence-electron chi connectivity index (χ4n) is 1.75. The lowest BCUT2D eigenvalue weighted by molar-refractivity contribution is -0.145. The van der Waals surface area contributed by atoms with Gasteiger partial charge in [0.15, 0.2) is 11.5 Å². The second-order valence-electron chi connectivity index (χ2n) is 5.23. The van der Waals surface area contributed by atoms with E-state index in [-0.39, 0.29) is 13.3 Å². The molecule has 0 saturated heterocycles. The van der Waals surface area contributed by atoms with E-state index in [0.29, 0.717) is 17.1 Å². The zero-order valence-corrected chi connectivity index (χ0v) is 12.1. The lowest BCUT2D eigenvalue weighted by Gasteiger charge is -2.21. The molecule has 2 amide bonds. The number of fused-ring (bicyclic) bond motifs is 1. The first-order valence-corrected chi connectivity index (χ1v) is 6.52. The van der Waals surface area contributed by atoms with Crippen molar-refractivity contribution in [3.05, 3.63) is 23.8 Å². The molecular weight excluding hydrogens is 292 g/mol. The van der Waals surface area contributed by atoms with Crippen molar-refractivity contribution in [3.63, 3.8) is 0 Å². The maximum absolute atomic E-state index is 11.9. The van der Waals surface area contributed by atoms with Gasteiger partial charge in [-0.3, -0.25) is 9.59 Å². The first-order valence-electron chi connectivity index (χ1n) is 6.52. The summed E-state index contributed by atoms with van der Waals surface area (Å²) in [6.45, 7) is 2.48. The molecule has 1 aromatic rings. The molecule has 0 radical (unpaired) electrons. The average Bonchev–Trinajstić information content (AvgIpc) is 2.91. The van der Waals surface area contributed by atoms with E-state index < -0.39 is 23.3 Å². The second kappa shape index (κ2) is 5.92. The number of hydrogen-bond donors (Lipinski definition) is 3. The van der Waals surface area contributed by atoms with Crippen molar-refractivity contribution in [2.45, 2.75) is 19.4 Å². The zero-order valence-electron chi connectivity index (χ0n) is 12.1. The van der Waals surface area contributed by atoms with Crippen molar-refractivity contribution < 1.29 is 29.0 Å². The number of rotatable bonds is 5. The van der Waals surface area contributed by atoms with Crippen molar-refractivity contribution in [2.24, 2.45) is 0 Å². The predicted octanol–water partition coefficient (Wildman–Crippen LogP) is 0.124. The summed E-state index contributed by atoms with van der Waals surface area (Å²) in [5.41, 5.74) is -1.09. The third kappa shape index (κ3) is 3.46. The minimum atomic E-state index is -1.40. The Morgan fingerprint density at radius 2 is 1.91 bits per heavy atom. The predicted molar refractivity (Wildman–Crippen MR) is 74.8 cm³/mol. The highest BCUT2D eigenvalue weighted by Gasteiger charge is 2.28. The normalized spacial score (nSPS) is 12.6. The Kier molecular flexibility index (Phi) is 4.20. The first-order chi connectivity index (χ1) is 10.3. The van der Waals surface area contributed by atoms with Crippen LogP contribution in [0.3, 0.4) is 0 Å². The third-order valence-electron chi connectivity index (χ3n) is 3.03. The number of hydrogen-bond acceptors (Lipinski definition) is 5. The van der Waals surface area contributed by atoms with Crippen LogP contribution in [0.1, 0.15) is 24.2 Å². The average molecular weight is 308 g/mol. The fourth-order valence-corrected chi connectivity index (χ4v) is 1.75. The molecule has 0 aromatic heterocycles. The van der Waals surface area contributed by atoms with Crippen molar-refractivity contribution in [2.75, 3.05) is 13.3 Å². The summed E-state index contributed by atoms with van der Waals surface area (Å²) in [5, 5.41) is 13.6. The van der Waals surface area contributed by atoms with Gasteiger partial charge in [0, 0.05) is 5.56 Å². The summed E-state index contributed by atoms with van der Waals surface area (Å²) in [5.74, 6) is -1.22. The van der Waals surface area contributed by atoms with Crippen LogP contribution in [0.5, 0.6) is 11.5 Å². The summed E-state index contributed by atoms with van der Waals surface area (Å²) < 4.78 is 10.3. The highest BCUT2D eigenvalue weighted by atomic mass is 16.7. The van der Waals surface area contributed by atoms with E-state index >= 15 is 0 Å². The SMILES string of the molecule is CC(C)(NC(=O)CNC(=O)c1ccc2c(c1)OCO2)C(=O)O. The molecule has 8 heteroatoms. The van der Waals surface area contributed by atoms with Crippen LogP contribution in [0, 0.1) is 0 Å². The number of benzene rings is 1. The number of aliphatic carboxylic acids is 1. The summed E-state index contributed by atoms with van der Waals surface area (Å²) in [7, 11) is 0. The standard InChI is InChI=1S/C14H16N2O6/c1-14(2,13(19)20)16-11(17)6-15-12(18)8-3-4-9-10(5-8)22-7-21-9/h3-5H,6-7H2,1-2H3,(H,15,18)(H,16,17)(H,19,20). The Morgan fingerprint density at radius 3 is 2.59 bits per heavy atom. The van der Waals surface area contributed by atoms with Crippen molar-refractivity contribution in [1.82, 2.24) is 10.6 Å². The monoisotopic (exact) mass is 308 g/mol. The van der Waals surface area contributed by atoms with Crippen molar-refractivity contribution >= 4 is 17.8 Å². The largest absolute Gasteiger partial charge is 0.480 e. The van der Waals surface area contributed by atoms with E-state index in [9.17, 15) is 14.4 Å². The van der Waals surface area contributed by atoms with Gasteiger partial charge < -0.3 is 25.2 Å². The Morgan fingerprint density at radius 1 is 1.23 bits per heavy atom. The Balaban J connectivity index is 1.90. The molecule has 8 nitrogen and oxygen atoms in total. The maximum Gasteiger partial charge on any atom is 0.328 e. The van der Waals surface area contributed by atoms with Crippen LogP contribution in [-0.4, -0.2) is 41.8 Å². The minimum absolute atomic E-state index is 0.104. The number of carbonyl (C=O) groups excluding carboxylic acids is 2. The van der Waals surface area contributed by atoms with Gasteiger partial charge in [-0.25, -0.2) is 4.79 Å². The first kappa shape index (κ1) is 15.6. The van der Waals surface area contributed by atoms with Gasteiger partial charge in [-0.05, 0) is 32.0 Å². The third-order valence-corrected chi connectivity index (χ3v) is 3.03. The van der Waals surface area contributed by atoms with Gasteiger partial charge in [-0.15, -0.1) is 0 Å². The van der Waals surface area contributed by atoms with E-state index in [1.807, 2.05) is 0 Å². The topological polar surface area (TPSA) is 114 Å². The number of amides is 2. The summed E-state index contributed by atoms with van der Waals surface area (Å²) in [6.07, 6.45) is 0. The Hall–Kier alpha value is -2.77. The molecule has 0 aliphatic carbocycles. The quantitative estimate of drug-likeness (QED) is 0.712. The second-order valence-corrected chi connectivity index (χ2v) is 5.23. The molecule has 22 heavy (non-hydrogen) atoms. The van der Waals surface area contributed by atoms with Crippen LogP contribution >= 0.6 is 0 Å². The number of nitrogens with one attached hydrogen (secondary N) is 2. The summed E-state index contributed by atoms with van der Waals surface area (Å²) in [6, 6.07) is 4.66. The fraction of sp³-hybridized carbons (Fsp3) is 0.357. The van der Waals surface area contributed by atoms with Crippen LogP contribution in [-0.2, 0) is 9.59 Å². The summed E-state index contributed by atoms with van der Waals surface area (Å²) >= 11 is 0. The molecule has 1 aliphatic heterocycles. The van der Waals surface area contributed by atoms with E-state index in [1.165, 1.54) is 19.9 Å². The van der Waals surface area contributed by atoms with Crippen molar-refractivity contribution in [1.29, 1.82) is 0 Å². The smallest absolute Gasteiger partial charge is 0.328 e. The molecule has 0 spiro atoms. The number of ether oxygens (including phenoxy) is 2. The highest BCUT2D eigenvalue weighted by molar-refractivity contribution is 5.97. The minimum Gasteiger partial charge on any atom is -0.480 e. The summed E-state index contributed by atoms with van der Waals surface area (Å²) in [4.78, 5) is 34.5. The van der Waals surface area contributed by atoms with E-state index in [1.54, 1.807) is 12.1 Å². The highest BCUT2D eigenvalue weighted by Crippen LogP contribution is 2.32. The van der Waals surface area contributed by atoms with E-state index in [4.69, 9.17) is 14.6 Å². The molecule has 3 N–H and O–H groups in total. The lowest BCUT2D eigenvalue weighted by atomic mass is 10.1. The number of carbonyl (C=O) groups is 3. The molecule has 1 aromatic carbocycles. The van der Waals surface area contributed by atoms with Gasteiger partial charge in [0.25, 0.3) is 5.91 Å². The van der Waals surface area contributed by atoms with Crippen molar-refractivity contribution in [3.8, 4) is 11.5 Å². The van der Waals surface area contributed by atoms with Crippen LogP contribution in [0.15, 0.2) is 18.2 Å². The molecular formula is C14H16N2O6. The van der Waals surface area contributed by atoms with Crippen LogP contribution in [0.4, 0.5) is 0 Å². The maximum atomic E-state index is 11.9. The molecule has 118 valence electrons. The molecule has 0 atom stereocenters. The van der Waals surface area contributed by atoms with E-state index in [0.717, 1.165) is 0 Å². The molecule has 1 heterocycles. The van der Waals surface area contributed by atoms with Gasteiger partial charge in [0.2, 0.25) is 12.7 Å². The van der Waals surface area contributed by atoms with Gasteiger partial charge in [-0.2, -0.15) is 0 Å². The number of carboxylic acids is 1. The molecule has 1 aliphatic rings. The van der Waals surface area contributed by atoms with Crippen LogP contribution < -0.4 is 20.1 Å². The van der Waals surface area contributed by atoms with Gasteiger partial charge in [0.1, 0.15) is 5.54 Å². The zero-order chi connectivity index (χ0) is 16.3. The lowest BCUT2D eigenvalue weighted by Crippen LogP contribution is -2.52. The Bertz CT molecular complexity index is 626. The van der Waals surface area contributed by atoms with Gasteiger partial charge in [0.05, 0.1) is 6.54 Å². The van der Waals surface area contributed by atoms with Crippen LogP contribution in [0.25, 0.3) is 0 Å². The molecule has 0 bridgehead atoms. The molecule has 0 unspecified atom stereocenters. The van der Waals surface area contributed by atoms with E-state index in [2.05, 4.69) is 10.6 Å². The van der Waals surface area contributed by atoms with Gasteiger partial charge in [-0.1, -0.05) is 0 Å². The molecule has 0 saturated carbocycles. The Labute approximate surface area is 126 Å². The van der Waals surface area contributed by atoms with Crippen LogP contribution in [0.2, 0.25) is 0 Å². The molecule has 2 rings (SSSR count). The van der Waals surface area contributed by atoms with Gasteiger partial charge >= 0.3 is 5.97 Å². The molecule has 0 fully saturated rings. The number of carboxylic acid groups (broad SMARTS) is 1.